The average molecular weight is 243 g/mol. The molecule has 1 aromatic carbocycles. The zero-order chi connectivity index (χ0) is 12.6. The smallest absolute Gasteiger partial charge is 0.137 e. The fourth-order valence-corrected chi connectivity index (χ4v) is 2.79. The van der Waals surface area contributed by atoms with Crippen molar-refractivity contribution in [3.63, 3.8) is 0 Å². The molecule has 2 heterocycles. The summed E-state index contributed by atoms with van der Waals surface area (Å²) in [5.41, 5.74) is 0.604. The molecule has 1 aliphatic heterocycles. The van der Waals surface area contributed by atoms with E-state index in [-0.39, 0.29) is 11.1 Å². The summed E-state index contributed by atoms with van der Waals surface area (Å²) in [5, 5.41) is 4.32. The second-order valence-corrected chi connectivity index (χ2v) is 5.11. The predicted octanol–water partition coefficient (Wildman–Crippen LogP) is 2.33. The van der Waals surface area contributed by atoms with E-state index in [1.165, 1.54) is 5.56 Å². The van der Waals surface area contributed by atoms with Crippen LogP contribution in [0.1, 0.15) is 25.8 Å². The Hall–Kier alpha value is -1.68. The molecule has 2 unspecified atom stereocenters. The lowest BCUT2D eigenvalue weighted by molar-refractivity contribution is -0.0458. The van der Waals surface area contributed by atoms with Crippen molar-refractivity contribution in [3.8, 4) is 0 Å². The molecule has 4 nitrogen and oxygen atoms in total. The molecule has 0 bridgehead atoms. The lowest BCUT2D eigenvalue weighted by atomic mass is 9.77. The van der Waals surface area contributed by atoms with Crippen LogP contribution in [-0.2, 0) is 15.9 Å². The van der Waals surface area contributed by atoms with Crippen molar-refractivity contribution in [1.29, 1.82) is 0 Å². The first-order chi connectivity index (χ1) is 8.67. The number of hydrogen-bond donors (Lipinski definition) is 0. The molecule has 18 heavy (non-hydrogen) atoms. The minimum absolute atomic E-state index is 0.204. The molecule has 1 fully saturated rings. The maximum Gasteiger partial charge on any atom is 0.137 e. The third kappa shape index (κ3) is 1.42. The van der Waals surface area contributed by atoms with E-state index in [2.05, 4.69) is 36.1 Å². The maximum absolute atomic E-state index is 6.08. The summed E-state index contributed by atoms with van der Waals surface area (Å²) in [6.45, 7) is 5.06. The van der Waals surface area contributed by atoms with Crippen LogP contribution in [0.3, 0.4) is 0 Å². The van der Waals surface area contributed by atoms with Gasteiger partial charge in [-0.2, -0.15) is 5.10 Å². The molecular weight excluding hydrogens is 226 g/mol. The van der Waals surface area contributed by atoms with Crippen molar-refractivity contribution >= 4 is 0 Å². The highest BCUT2D eigenvalue weighted by Gasteiger charge is 2.53. The molecule has 2 aromatic rings. The van der Waals surface area contributed by atoms with Crippen LogP contribution in [0.2, 0.25) is 0 Å². The number of rotatable bonds is 2. The normalized spacial score (nSPS) is 31.7. The van der Waals surface area contributed by atoms with Gasteiger partial charge in [-0.05, 0) is 25.8 Å². The first-order valence-corrected chi connectivity index (χ1v) is 6.21. The van der Waals surface area contributed by atoms with Crippen LogP contribution < -0.4 is 0 Å². The van der Waals surface area contributed by atoms with E-state index in [9.17, 15) is 0 Å². The molecular formula is C14H17N3O. The van der Waals surface area contributed by atoms with Crippen molar-refractivity contribution in [3.05, 3.63) is 48.5 Å². The number of aromatic nitrogens is 3. The standard InChI is InChI=1S/C14H17N3O/c1-13(17-11-15-10-16-17)8-9-18-14(13,2)12-6-4-3-5-7-12/h3-7,10-11H,8-9H2,1-2H3. The molecule has 1 aliphatic rings. The van der Waals surface area contributed by atoms with E-state index in [1.54, 1.807) is 12.7 Å². The van der Waals surface area contributed by atoms with Gasteiger partial charge in [0.25, 0.3) is 0 Å². The molecule has 0 saturated carbocycles. The SMILES string of the molecule is CC1(c2ccccc2)OCCC1(C)n1cncn1. The molecule has 1 aromatic heterocycles. The largest absolute Gasteiger partial charge is 0.368 e. The third-order valence-electron chi connectivity index (χ3n) is 4.26. The lowest BCUT2D eigenvalue weighted by Gasteiger charge is -2.39. The molecule has 0 radical (unpaired) electrons. The van der Waals surface area contributed by atoms with E-state index in [1.807, 2.05) is 22.9 Å². The summed E-state index contributed by atoms with van der Waals surface area (Å²) in [5.74, 6) is 0. The first kappa shape index (κ1) is 11.4. The lowest BCUT2D eigenvalue weighted by Crippen LogP contribution is -2.46. The summed E-state index contributed by atoms with van der Waals surface area (Å²) < 4.78 is 8.00. The first-order valence-electron chi connectivity index (χ1n) is 6.21. The van der Waals surface area contributed by atoms with Crippen LogP contribution >= 0.6 is 0 Å². The van der Waals surface area contributed by atoms with Crippen molar-refractivity contribution in [2.24, 2.45) is 0 Å². The van der Waals surface area contributed by atoms with Gasteiger partial charge in [0.05, 0.1) is 12.1 Å². The maximum atomic E-state index is 6.08. The van der Waals surface area contributed by atoms with Crippen LogP contribution in [0.4, 0.5) is 0 Å². The minimum atomic E-state index is -0.373. The molecule has 4 heteroatoms. The van der Waals surface area contributed by atoms with E-state index in [4.69, 9.17) is 4.74 Å². The van der Waals surface area contributed by atoms with Gasteiger partial charge in [-0.1, -0.05) is 30.3 Å². The molecule has 0 amide bonds. The molecule has 2 atom stereocenters. The zero-order valence-electron chi connectivity index (χ0n) is 10.7. The summed E-state index contributed by atoms with van der Waals surface area (Å²) in [7, 11) is 0. The number of benzene rings is 1. The molecule has 0 spiro atoms. The second kappa shape index (κ2) is 3.92. The number of hydrogen-bond acceptors (Lipinski definition) is 3. The van der Waals surface area contributed by atoms with Crippen LogP contribution in [0, 0.1) is 0 Å². The topological polar surface area (TPSA) is 39.9 Å². The van der Waals surface area contributed by atoms with E-state index >= 15 is 0 Å². The second-order valence-electron chi connectivity index (χ2n) is 5.11. The fraction of sp³-hybridized carbons (Fsp3) is 0.429. The Kier molecular flexibility index (Phi) is 2.48. The van der Waals surface area contributed by atoms with Gasteiger partial charge in [-0.25, -0.2) is 9.67 Å². The zero-order valence-corrected chi connectivity index (χ0v) is 10.7. The predicted molar refractivity (Wildman–Crippen MR) is 68.0 cm³/mol. The molecule has 0 aliphatic carbocycles. The Morgan fingerprint density at radius 3 is 2.67 bits per heavy atom. The quantitative estimate of drug-likeness (QED) is 0.812. The van der Waals surface area contributed by atoms with E-state index in [0.29, 0.717) is 0 Å². The molecule has 3 rings (SSSR count). The Morgan fingerprint density at radius 2 is 2.00 bits per heavy atom. The van der Waals surface area contributed by atoms with Crippen LogP contribution in [0.15, 0.2) is 43.0 Å². The monoisotopic (exact) mass is 243 g/mol. The van der Waals surface area contributed by atoms with Crippen molar-refractivity contribution in [2.75, 3.05) is 6.61 Å². The van der Waals surface area contributed by atoms with Crippen LogP contribution in [0.5, 0.6) is 0 Å². The number of nitrogens with zero attached hydrogens (tertiary/aromatic N) is 3. The van der Waals surface area contributed by atoms with E-state index < -0.39 is 0 Å². The Morgan fingerprint density at radius 1 is 1.22 bits per heavy atom. The Bertz CT molecular complexity index is 525. The van der Waals surface area contributed by atoms with Crippen molar-refractivity contribution in [2.45, 2.75) is 31.4 Å². The summed E-state index contributed by atoms with van der Waals surface area (Å²) in [6, 6.07) is 10.3. The highest BCUT2D eigenvalue weighted by Crippen LogP contribution is 2.48. The van der Waals surface area contributed by atoms with Crippen LogP contribution in [-0.4, -0.2) is 21.4 Å². The summed E-state index contributed by atoms with van der Waals surface area (Å²) >= 11 is 0. The highest BCUT2D eigenvalue weighted by molar-refractivity contribution is 5.27. The van der Waals surface area contributed by atoms with Gasteiger partial charge in [0.1, 0.15) is 18.3 Å². The van der Waals surface area contributed by atoms with Gasteiger partial charge >= 0.3 is 0 Å². The minimum Gasteiger partial charge on any atom is -0.368 e. The fourth-order valence-electron chi connectivity index (χ4n) is 2.79. The van der Waals surface area contributed by atoms with Gasteiger partial charge in [0, 0.05) is 0 Å². The van der Waals surface area contributed by atoms with Crippen LogP contribution in [0.25, 0.3) is 0 Å². The van der Waals surface area contributed by atoms with Gasteiger partial charge in [-0.15, -0.1) is 0 Å². The summed E-state index contributed by atoms with van der Waals surface area (Å²) in [4.78, 5) is 4.07. The molecule has 0 N–H and O–H groups in total. The Balaban J connectivity index is 2.11. The van der Waals surface area contributed by atoms with Crippen molar-refractivity contribution < 1.29 is 4.74 Å². The van der Waals surface area contributed by atoms with Gasteiger partial charge in [0.2, 0.25) is 0 Å². The highest BCUT2D eigenvalue weighted by atomic mass is 16.5. The summed E-state index contributed by atoms with van der Waals surface area (Å²) in [6.07, 6.45) is 4.28. The number of ether oxygens (including phenoxy) is 1. The average Bonchev–Trinajstić information content (AvgIpc) is 3.01. The van der Waals surface area contributed by atoms with Gasteiger partial charge < -0.3 is 4.74 Å². The molecule has 94 valence electrons. The third-order valence-corrected chi connectivity index (χ3v) is 4.26. The van der Waals surface area contributed by atoms with Gasteiger partial charge in [-0.3, -0.25) is 0 Å². The Labute approximate surface area is 107 Å². The molecule has 1 saturated heterocycles. The van der Waals surface area contributed by atoms with Crippen molar-refractivity contribution in [1.82, 2.24) is 14.8 Å². The van der Waals surface area contributed by atoms with E-state index in [0.717, 1.165) is 13.0 Å². The van der Waals surface area contributed by atoms with Gasteiger partial charge in [0.15, 0.2) is 0 Å².